The molecule has 2 N–H and O–H groups in total. The minimum atomic E-state index is -0.910. The van der Waals surface area contributed by atoms with Crippen molar-refractivity contribution in [2.75, 3.05) is 0 Å². The summed E-state index contributed by atoms with van der Waals surface area (Å²) in [6, 6.07) is 2.72. The van der Waals surface area contributed by atoms with Gasteiger partial charge in [-0.1, -0.05) is 13.8 Å². The van der Waals surface area contributed by atoms with Crippen LogP contribution in [0.25, 0.3) is 0 Å². The predicted octanol–water partition coefficient (Wildman–Crippen LogP) is 2.56. The third-order valence-electron chi connectivity index (χ3n) is 3.14. The van der Waals surface area contributed by atoms with Crippen molar-refractivity contribution in [1.82, 2.24) is 5.32 Å². The number of hydrogen-bond donors (Lipinski definition) is 2. The number of phenolic OH excluding ortho intramolecular Hbond substituents is 1. The van der Waals surface area contributed by atoms with Crippen LogP contribution in [0.4, 0.5) is 8.78 Å². The average molecular weight is 227 g/mol. The lowest BCUT2D eigenvalue weighted by Crippen LogP contribution is -2.20. The Morgan fingerprint density at radius 3 is 2.31 bits per heavy atom. The van der Waals surface area contributed by atoms with Crippen molar-refractivity contribution in [3.05, 3.63) is 29.3 Å². The van der Waals surface area contributed by atoms with Gasteiger partial charge in [-0.3, -0.25) is 0 Å². The van der Waals surface area contributed by atoms with Gasteiger partial charge in [-0.05, 0) is 29.5 Å². The van der Waals surface area contributed by atoms with E-state index in [2.05, 4.69) is 19.2 Å². The Morgan fingerprint density at radius 1 is 1.38 bits per heavy atom. The zero-order chi connectivity index (χ0) is 11.9. The molecule has 4 heteroatoms. The van der Waals surface area contributed by atoms with E-state index in [-0.39, 0.29) is 5.41 Å². The van der Waals surface area contributed by atoms with E-state index in [4.69, 9.17) is 5.11 Å². The molecule has 0 spiro atoms. The molecule has 1 aromatic carbocycles. The minimum Gasteiger partial charge on any atom is -0.503 e. The highest BCUT2D eigenvalue weighted by molar-refractivity contribution is 5.30. The van der Waals surface area contributed by atoms with E-state index in [1.165, 1.54) is 0 Å². The first kappa shape index (κ1) is 11.3. The first-order chi connectivity index (χ1) is 7.40. The van der Waals surface area contributed by atoms with Crippen molar-refractivity contribution in [2.45, 2.75) is 32.9 Å². The highest BCUT2D eigenvalue weighted by Gasteiger charge is 2.44. The van der Waals surface area contributed by atoms with Crippen molar-refractivity contribution in [3.8, 4) is 5.75 Å². The highest BCUT2D eigenvalue weighted by atomic mass is 19.1. The molecule has 1 fully saturated rings. The minimum absolute atomic E-state index is 0.286. The lowest BCUT2D eigenvalue weighted by molar-refractivity contribution is 0.394. The molecule has 1 saturated carbocycles. The third-order valence-corrected chi connectivity index (χ3v) is 3.14. The normalized spacial score (nSPS) is 22.1. The van der Waals surface area contributed by atoms with E-state index in [9.17, 15) is 8.78 Å². The summed E-state index contributed by atoms with van der Waals surface area (Å²) >= 11 is 0. The van der Waals surface area contributed by atoms with Crippen LogP contribution in [-0.2, 0) is 6.54 Å². The van der Waals surface area contributed by atoms with Crippen LogP contribution >= 0.6 is 0 Å². The van der Waals surface area contributed by atoms with Gasteiger partial charge in [0.2, 0.25) is 0 Å². The number of aromatic hydroxyl groups is 1. The number of benzene rings is 1. The van der Waals surface area contributed by atoms with Crippen LogP contribution in [-0.4, -0.2) is 11.1 Å². The van der Waals surface area contributed by atoms with E-state index in [0.717, 1.165) is 18.6 Å². The van der Waals surface area contributed by atoms with Crippen LogP contribution in [0, 0.1) is 17.0 Å². The predicted molar refractivity (Wildman–Crippen MR) is 57.0 cm³/mol. The van der Waals surface area contributed by atoms with Crippen molar-refractivity contribution in [1.29, 1.82) is 0 Å². The van der Waals surface area contributed by atoms with Crippen LogP contribution in [0.2, 0.25) is 0 Å². The van der Waals surface area contributed by atoms with E-state index in [1.54, 1.807) is 0 Å². The largest absolute Gasteiger partial charge is 0.503 e. The number of halogens is 2. The van der Waals surface area contributed by atoms with Gasteiger partial charge in [0.25, 0.3) is 0 Å². The van der Waals surface area contributed by atoms with Gasteiger partial charge in [0.15, 0.2) is 17.4 Å². The third kappa shape index (κ3) is 2.16. The van der Waals surface area contributed by atoms with Crippen LogP contribution in [0.1, 0.15) is 25.8 Å². The summed E-state index contributed by atoms with van der Waals surface area (Å²) < 4.78 is 26.0. The molecule has 1 aliphatic carbocycles. The summed E-state index contributed by atoms with van der Waals surface area (Å²) in [6.07, 6.45) is 1.08. The molecular formula is C12H15F2NO. The maximum atomic E-state index is 13.0. The Balaban J connectivity index is 2.00. The molecular weight excluding hydrogens is 212 g/mol. The average Bonchev–Trinajstić information content (AvgIpc) is 2.80. The molecule has 1 atom stereocenters. The molecule has 0 amide bonds. The summed E-state index contributed by atoms with van der Waals surface area (Å²) in [4.78, 5) is 0. The zero-order valence-electron chi connectivity index (χ0n) is 9.35. The molecule has 2 rings (SSSR count). The summed E-state index contributed by atoms with van der Waals surface area (Å²) in [5.74, 6) is -2.73. The maximum absolute atomic E-state index is 13.0. The SMILES string of the molecule is CC1(C)CC1NCc1cc(F)c(O)c(F)c1. The van der Waals surface area contributed by atoms with Gasteiger partial charge in [0, 0.05) is 12.6 Å². The van der Waals surface area contributed by atoms with Gasteiger partial charge in [0.1, 0.15) is 0 Å². The van der Waals surface area contributed by atoms with Crippen LogP contribution in [0.3, 0.4) is 0 Å². The second-order valence-corrected chi connectivity index (χ2v) is 5.03. The Labute approximate surface area is 93.3 Å². The second kappa shape index (κ2) is 3.70. The molecule has 1 aliphatic rings. The van der Waals surface area contributed by atoms with Gasteiger partial charge < -0.3 is 10.4 Å². The number of nitrogens with one attached hydrogen (secondary N) is 1. The van der Waals surface area contributed by atoms with E-state index in [0.29, 0.717) is 18.2 Å². The first-order valence-electron chi connectivity index (χ1n) is 5.30. The van der Waals surface area contributed by atoms with Gasteiger partial charge in [-0.15, -0.1) is 0 Å². The fraction of sp³-hybridized carbons (Fsp3) is 0.500. The number of rotatable bonds is 3. The molecule has 1 unspecified atom stereocenters. The molecule has 0 bridgehead atoms. The molecule has 0 radical (unpaired) electrons. The van der Waals surface area contributed by atoms with Crippen LogP contribution < -0.4 is 5.32 Å². The van der Waals surface area contributed by atoms with Crippen LogP contribution in [0.15, 0.2) is 12.1 Å². The lowest BCUT2D eigenvalue weighted by atomic mass is 10.1. The summed E-state index contributed by atoms with van der Waals surface area (Å²) in [5, 5.41) is 12.2. The Morgan fingerprint density at radius 2 is 1.88 bits per heavy atom. The van der Waals surface area contributed by atoms with Crippen molar-refractivity contribution < 1.29 is 13.9 Å². The van der Waals surface area contributed by atoms with Crippen molar-refractivity contribution in [2.24, 2.45) is 5.41 Å². The Hall–Kier alpha value is -1.16. The van der Waals surface area contributed by atoms with Crippen molar-refractivity contribution in [3.63, 3.8) is 0 Å². The molecule has 0 aliphatic heterocycles. The first-order valence-corrected chi connectivity index (χ1v) is 5.30. The summed E-state index contributed by atoms with van der Waals surface area (Å²) in [7, 11) is 0. The summed E-state index contributed by atoms with van der Waals surface area (Å²) in [5.41, 5.74) is 0.795. The zero-order valence-corrected chi connectivity index (χ0v) is 9.35. The molecule has 0 saturated heterocycles. The van der Waals surface area contributed by atoms with E-state index in [1.807, 2.05) is 0 Å². The maximum Gasteiger partial charge on any atom is 0.187 e. The van der Waals surface area contributed by atoms with Gasteiger partial charge in [-0.25, -0.2) is 8.78 Å². The number of phenols is 1. The van der Waals surface area contributed by atoms with Gasteiger partial charge in [0.05, 0.1) is 0 Å². The molecule has 0 aromatic heterocycles. The summed E-state index contributed by atoms with van der Waals surface area (Å²) in [6.45, 7) is 4.70. The van der Waals surface area contributed by atoms with Gasteiger partial charge in [-0.2, -0.15) is 0 Å². The quantitative estimate of drug-likeness (QED) is 0.831. The molecule has 0 heterocycles. The highest BCUT2D eigenvalue weighted by Crippen LogP contribution is 2.44. The van der Waals surface area contributed by atoms with Gasteiger partial charge >= 0.3 is 0 Å². The topological polar surface area (TPSA) is 32.3 Å². The second-order valence-electron chi connectivity index (χ2n) is 5.03. The van der Waals surface area contributed by atoms with E-state index < -0.39 is 17.4 Å². The smallest absolute Gasteiger partial charge is 0.187 e. The van der Waals surface area contributed by atoms with Crippen LogP contribution in [0.5, 0.6) is 5.75 Å². The fourth-order valence-corrected chi connectivity index (χ4v) is 1.78. The molecule has 2 nitrogen and oxygen atoms in total. The Kier molecular flexibility index (Phi) is 2.62. The standard InChI is InChI=1S/C12H15F2NO/c1-12(2)5-10(12)15-6-7-3-8(13)11(16)9(14)4-7/h3-4,10,15-16H,5-6H2,1-2H3. The van der Waals surface area contributed by atoms with Crippen molar-refractivity contribution >= 4 is 0 Å². The van der Waals surface area contributed by atoms with E-state index >= 15 is 0 Å². The fourth-order valence-electron chi connectivity index (χ4n) is 1.78. The molecule has 1 aromatic rings. The molecule has 16 heavy (non-hydrogen) atoms. The Bertz CT molecular complexity index is 394. The number of hydrogen-bond acceptors (Lipinski definition) is 2. The molecule has 88 valence electrons. The lowest BCUT2D eigenvalue weighted by Gasteiger charge is -2.07. The monoisotopic (exact) mass is 227 g/mol.